The van der Waals surface area contributed by atoms with Crippen LogP contribution in [0.15, 0.2) is 22.7 Å². The highest BCUT2D eigenvalue weighted by molar-refractivity contribution is 9.10. The summed E-state index contributed by atoms with van der Waals surface area (Å²) in [7, 11) is 0. The zero-order valence-corrected chi connectivity index (χ0v) is 12.2. The van der Waals surface area contributed by atoms with Crippen LogP contribution in [0.1, 0.15) is 21.6 Å². The topological polar surface area (TPSA) is 72.3 Å². The highest BCUT2D eigenvalue weighted by Gasteiger charge is 2.20. The van der Waals surface area contributed by atoms with Gasteiger partial charge in [0.1, 0.15) is 17.1 Å². The summed E-state index contributed by atoms with van der Waals surface area (Å²) in [5, 5.41) is 16.8. The molecular weight excluding hydrogens is 331 g/mol. The van der Waals surface area contributed by atoms with E-state index in [1.54, 1.807) is 13.8 Å². The first-order chi connectivity index (χ1) is 9.40. The SMILES string of the molecule is Cc1nnc(Oc2ccc(F)cc2Br)c(C(=O)O)c1C. The molecule has 1 aromatic heterocycles. The lowest BCUT2D eigenvalue weighted by Crippen LogP contribution is -2.08. The molecule has 0 radical (unpaired) electrons. The van der Waals surface area contributed by atoms with Crippen LogP contribution in [0.5, 0.6) is 11.6 Å². The number of carboxylic acids is 1. The average Bonchev–Trinajstić information content (AvgIpc) is 2.36. The molecule has 2 rings (SSSR count). The monoisotopic (exact) mass is 340 g/mol. The van der Waals surface area contributed by atoms with E-state index in [0.717, 1.165) is 0 Å². The number of halogens is 2. The number of hydrogen-bond acceptors (Lipinski definition) is 4. The van der Waals surface area contributed by atoms with Gasteiger partial charge in [-0.25, -0.2) is 9.18 Å². The Morgan fingerprint density at radius 1 is 1.35 bits per heavy atom. The molecule has 0 bridgehead atoms. The minimum Gasteiger partial charge on any atom is -0.477 e. The van der Waals surface area contributed by atoms with Crippen molar-refractivity contribution in [3.05, 3.63) is 45.3 Å². The average molecular weight is 341 g/mol. The van der Waals surface area contributed by atoms with Crippen LogP contribution in [0.3, 0.4) is 0 Å². The van der Waals surface area contributed by atoms with Crippen molar-refractivity contribution in [3.8, 4) is 11.6 Å². The van der Waals surface area contributed by atoms with Gasteiger partial charge in [0.15, 0.2) is 0 Å². The fourth-order valence-corrected chi connectivity index (χ4v) is 2.00. The second kappa shape index (κ2) is 5.54. The van der Waals surface area contributed by atoms with Crippen molar-refractivity contribution >= 4 is 21.9 Å². The van der Waals surface area contributed by atoms with E-state index in [4.69, 9.17) is 4.74 Å². The van der Waals surface area contributed by atoms with Gasteiger partial charge in [-0.2, -0.15) is 5.10 Å². The van der Waals surface area contributed by atoms with Gasteiger partial charge in [0.25, 0.3) is 5.88 Å². The highest BCUT2D eigenvalue weighted by Crippen LogP contribution is 2.31. The van der Waals surface area contributed by atoms with E-state index in [1.807, 2.05) is 0 Å². The Morgan fingerprint density at radius 3 is 2.65 bits per heavy atom. The van der Waals surface area contributed by atoms with E-state index >= 15 is 0 Å². The Kier molecular flexibility index (Phi) is 3.99. The molecule has 0 saturated heterocycles. The van der Waals surface area contributed by atoms with Gasteiger partial charge in [-0.3, -0.25) is 0 Å². The van der Waals surface area contributed by atoms with Gasteiger partial charge in [-0.1, -0.05) is 0 Å². The van der Waals surface area contributed by atoms with Crippen molar-refractivity contribution in [2.75, 3.05) is 0 Å². The van der Waals surface area contributed by atoms with Crippen LogP contribution in [0, 0.1) is 19.7 Å². The largest absolute Gasteiger partial charge is 0.477 e. The maximum absolute atomic E-state index is 13.0. The smallest absolute Gasteiger partial charge is 0.341 e. The Balaban J connectivity index is 2.48. The summed E-state index contributed by atoms with van der Waals surface area (Å²) in [6.45, 7) is 3.28. The predicted octanol–water partition coefficient (Wildman–Crippen LogP) is 3.49. The fraction of sp³-hybridized carbons (Fsp3) is 0.154. The molecule has 0 fully saturated rings. The molecule has 20 heavy (non-hydrogen) atoms. The zero-order chi connectivity index (χ0) is 14.9. The third kappa shape index (κ3) is 2.77. The summed E-state index contributed by atoms with van der Waals surface area (Å²) >= 11 is 3.14. The van der Waals surface area contributed by atoms with Crippen LogP contribution in [0.4, 0.5) is 4.39 Å². The second-order valence-corrected chi connectivity index (χ2v) is 4.93. The molecule has 1 heterocycles. The molecule has 0 aliphatic heterocycles. The van der Waals surface area contributed by atoms with Crippen LogP contribution in [-0.2, 0) is 0 Å². The summed E-state index contributed by atoms with van der Waals surface area (Å²) in [6.07, 6.45) is 0. The third-order valence-corrected chi connectivity index (χ3v) is 3.36. The Morgan fingerprint density at radius 2 is 2.05 bits per heavy atom. The van der Waals surface area contributed by atoms with E-state index in [1.165, 1.54) is 18.2 Å². The molecule has 0 atom stereocenters. The molecule has 1 N–H and O–H groups in total. The first-order valence-corrected chi connectivity index (χ1v) is 6.39. The molecule has 0 aliphatic carbocycles. The van der Waals surface area contributed by atoms with Crippen molar-refractivity contribution in [2.45, 2.75) is 13.8 Å². The number of aryl methyl sites for hydroxylation is 1. The number of ether oxygens (including phenoxy) is 1. The molecule has 7 heteroatoms. The minimum atomic E-state index is -1.16. The van der Waals surface area contributed by atoms with Crippen molar-refractivity contribution in [1.82, 2.24) is 10.2 Å². The first kappa shape index (κ1) is 14.4. The van der Waals surface area contributed by atoms with Gasteiger partial charge in [-0.15, -0.1) is 5.10 Å². The molecule has 0 amide bonds. The van der Waals surface area contributed by atoms with Crippen molar-refractivity contribution < 1.29 is 19.0 Å². The maximum Gasteiger partial charge on any atom is 0.341 e. The summed E-state index contributed by atoms with van der Waals surface area (Å²) < 4.78 is 18.8. The lowest BCUT2D eigenvalue weighted by molar-refractivity contribution is 0.0692. The Hall–Kier alpha value is -2.02. The molecule has 0 unspecified atom stereocenters. The number of aromatic nitrogens is 2. The fourth-order valence-electron chi connectivity index (χ4n) is 1.57. The van der Waals surface area contributed by atoms with Crippen LogP contribution in [-0.4, -0.2) is 21.3 Å². The van der Waals surface area contributed by atoms with Gasteiger partial charge >= 0.3 is 5.97 Å². The number of rotatable bonds is 3. The van der Waals surface area contributed by atoms with Crippen molar-refractivity contribution in [2.24, 2.45) is 0 Å². The lowest BCUT2D eigenvalue weighted by Gasteiger charge is -2.11. The summed E-state index contributed by atoms with van der Waals surface area (Å²) in [4.78, 5) is 11.3. The third-order valence-electron chi connectivity index (χ3n) is 2.74. The van der Waals surface area contributed by atoms with Crippen LogP contribution in [0.2, 0.25) is 0 Å². The summed E-state index contributed by atoms with van der Waals surface area (Å²) in [6, 6.07) is 3.79. The summed E-state index contributed by atoms with van der Waals surface area (Å²) in [5.41, 5.74) is 0.919. The maximum atomic E-state index is 13.0. The molecule has 5 nitrogen and oxygen atoms in total. The van der Waals surface area contributed by atoms with E-state index in [0.29, 0.717) is 15.7 Å². The molecular formula is C13H10BrFN2O3. The lowest BCUT2D eigenvalue weighted by atomic mass is 10.1. The number of nitrogens with zero attached hydrogens (tertiary/aromatic N) is 2. The molecule has 1 aromatic carbocycles. The number of hydrogen-bond donors (Lipinski definition) is 1. The van der Waals surface area contributed by atoms with E-state index in [9.17, 15) is 14.3 Å². The normalized spacial score (nSPS) is 10.4. The number of aromatic carboxylic acids is 1. The van der Waals surface area contributed by atoms with Gasteiger partial charge in [0, 0.05) is 0 Å². The van der Waals surface area contributed by atoms with E-state index in [2.05, 4.69) is 26.1 Å². The molecule has 2 aromatic rings. The van der Waals surface area contributed by atoms with E-state index < -0.39 is 11.8 Å². The Bertz CT molecular complexity index is 692. The minimum absolute atomic E-state index is 0.0614. The second-order valence-electron chi connectivity index (χ2n) is 4.07. The van der Waals surface area contributed by atoms with E-state index in [-0.39, 0.29) is 17.2 Å². The Labute approximate surface area is 122 Å². The molecule has 0 saturated carbocycles. The van der Waals surface area contributed by atoms with Crippen LogP contribution < -0.4 is 4.74 Å². The van der Waals surface area contributed by atoms with Crippen molar-refractivity contribution in [3.63, 3.8) is 0 Å². The number of benzene rings is 1. The van der Waals surface area contributed by atoms with Gasteiger partial charge < -0.3 is 9.84 Å². The summed E-state index contributed by atoms with van der Waals surface area (Å²) in [5.74, 6) is -1.47. The quantitative estimate of drug-likeness (QED) is 0.925. The predicted molar refractivity (Wildman–Crippen MR) is 72.6 cm³/mol. The standard InChI is InChI=1S/C13H10BrFN2O3/c1-6-7(2)16-17-12(11(6)13(18)19)20-10-4-3-8(15)5-9(10)14/h3-5H,1-2H3,(H,18,19). The van der Waals surface area contributed by atoms with Crippen LogP contribution >= 0.6 is 15.9 Å². The number of carboxylic acid groups (broad SMARTS) is 1. The van der Waals surface area contributed by atoms with Crippen molar-refractivity contribution in [1.29, 1.82) is 0 Å². The highest BCUT2D eigenvalue weighted by atomic mass is 79.9. The first-order valence-electron chi connectivity index (χ1n) is 5.60. The van der Waals surface area contributed by atoms with Gasteiger partial charge in [0.05, 0.1) is 10.2 Å². The van der Waals surface area contributed by atoms with Gasteiger partial charge in [-0.05, 0) is 53.5 Å². The van der Waals surface area contributed by atoms with Gasteiger partial charge in [0.2, 0.25) is 0 Å². The number of carbonyl (C=O) groups is 1. The molecule has 104 valence electrons. The zero-order valence-electron chi connectivity index (χ0n) is 10.6. The molecule has 0 spiro atoms. The van der Waals surface area contributed by atoms with Crippen LogP contribution in [0.25, 0.3) is 0 Å². The molecule has 0 aliphatic rings.